The molecule has 10 nitrogen and oxygen atoms in total. The summed E-state index contributed by atoms with van der Waals surface area (Å²) in [6.07, 6.45) is -3.37. The molecule has 0 unspecified atom stereocenters. The lowest BCUT2D eigenvalue weighted by atomic mass is 10.1. The molecule has 4 N–H and O–H groups in total. The number of aromatic nitrogens is 3. The van der Waals surface area contributed by atoms with Crippen molar-refractivity contribution in [1.29, 1.82) is 5.26 Å². The highest BCUT2D eigenvalue weighted by Crippen LogP contribution is 2.27. The number of hydrazone groups is 1. The number of nitrogens with one attached hydrogen (secondary N) is 1. The van der Waals surface area contributed by atoms with E-state index in [0.29, 0.717) is 16.8 Å². The lowest BCUT2D eigenvalue weighted by Gasteiger charge is -2.12. The number of nitriles is 1. The van der Waals surface area contributed by atoms with E-state index in [2.05, 4.69) is 30.4 Å². The van der Waals surface area contributed by atoms with E-state index in [9.17, 15) is 28.3 Å². The Hall–Kier alpha value is -4.86. The van der Waals surface area contributed by atoms with Crippen LogP contribution in [0.15, 0.2) is 58.6 Å². The highest BCUT2D eigenvalue weighted by atomic mass is 19.4. The van der Waals surface area contributed by atoms with Crippen LogP contribution in [0.5, 0.6) is 0 Å². The molecule has 0 aliphatic rings. The molecule has 184 valence electrons. The van der Waals surface area contributed by atoms with E-state index in [0.717, 1.165) is 6.07 Å². The van der Waals surface area contributed by atoms with Crippen molar-refractivity contribution in [3.63, 3.8) is 0 Å². The maximum absolute atomic E-state index is 12.9. The number of rotatable bonds is 8. The monoisotopic (exact) mass is 496 g/mol. The van der Waals surface area contributed by atoms with Gasteiger partial charge in [0.2, 0.25) is 5.95 Å². The molecule has 0 spiro atoms. The molecule has 1 atom stereocenters. The average Bonchev–Trinajstić information content (AvgIpc) is 2.86. The molecule has 0 saturated carbocycles. The van der Waals surface area contributed by atoms with Crippen LogP contribution in [0.4, 0.5) is 19.1 Å². The van der Waals surface area contributed by atoms with Crippen molar-refractivity contribution in [2.75, 3.05) is 5.32 Å². The predicted octanol–water partition coefficient (Wildman–Crippen LogP) is 3.25. The van der Waals surface area contributed by atoms with Crippen molar-refractivity contribution in [2.24, 2.45) is 15.9 Å². The normalized spacial score (nSPS) is 12.8. The van der Waals surface area contributed by atoms with Gasteiger partial charge in [-0.05, 0) is 37.3 Å². The zero-order valence-corrected chi connectivity index (χ0v) is 18.7. The molecule has 0 aliphatic carbocycles. The molecule has 0 fully saturated rings. The maximum Gasteiger partial charge on any atom is 0.433 e. The molecular weight excluding hydrogens is 477 g/mol. The van der Waals surface area contributed by atoms with Crippen LogP contribution in [0.2, 0.25) is 0 Å². The number of pyridine rings is 1. The van der Waals surface area contributed by atoms with Crippen molar-refractivity contribution in [2.45, 2.75) is 25.7 Å². The fourth-order valence-electron chi connectivity index (χ4n) is 2.91. The highest BCUT2D eigenvalue weighted by Gasteiger charge is 2.32. The molecule has 3 rings (SSSR count). The van der Waals surface area contributed by atoms with Gasteiger partial charge < -0.3 is 16.3 Å². The minimum Gasteiger partial charge on any atom is -0.480 e. The Kier molecular flexibility index (Phi) is 7.90. The molecule has 0 radical (unpaired) electrons. The van der Waals surface area contributed by atoms with E-state index in [1.807, 2.05) is 6.07 Å². The van der Waals surface area contributed by atoms with Gasteiger partial charge in [0.05, 0.1) is 41.5 Å². The molecule has 0 bridgehead atoms. The summed E-state index contributed by atoms with van der Waals surface area (Å²) in [5.74, 6) is 4.33. The number of carboxylic acid groups (broad SMARTS) is 1. The molecule has 3 aromatic rings. The third-order valence-electron chi connectivity index (χ3n) is 4.70. The van der Waals surface area contributed by atoms with E-state index in [1.54, 1.807) is 24.3 Å². The molecule has 36 heavy (non-hydrogen) atoms. The highest BCUT2D eigenvalue weighted by molar-refractivity contribution is 6.37. The summed E-state index contributed by atoms with van der Waals surface area (Å²) in [6.45, 7) is 1.21. The average molecular weight is 496 g/mol. The van der Waals surface area contributed by atoms with Crippen LogP contribution in [0.1, 0.15) is 29.6 Å². The van der Waals surface area contributed by atoms with Crippen molar-refractivity contribution in [1.82, 2.24) is 15.0 Å². The van der Waals surface area contributed by atoms with E-state index >= 15 is 0 Å². The van der Waals surface area contributed by atoms with Gasteiger partial charge in [-0.1, -0.05) is 18.2 Å². The number of nitrogens with two attached hydrogens (primary N) is 1. The Morgan fingerprint density at radius 3 is 2.64 bits per heavy atom. The van der Waals surface area contributed by atoms with Crippen molar-refractivity contribution in [3.8, 4) is 17.3 Å². The Balaban J connectivity index is 1.95. The molecular formula is C23H19F3N8O2. The predicted molar refractivity (Wildman–Crippen MR) is 125 cm³/mol. The summed E-state index contributed by atoms with van der Waals surface area (Å²) < 4.78 is 38.7. The number of carbonyl (C=O) groups is 1. The van der Waals surface area contributed by atoms with Crippen molar-refractivity contribution in [3.05, 3.63) is 71.2 Å². The minimum absolute atomic E-state index is 0.0474. The molecule has 2 heterocycles. The fraction of sp³-hybridized carbons (Fsp3) is 0.174. The van der Waals surface area contributed by atoms with Gasteiger partial charge in [0.15, 0.2) is 0 Å². The number of carboxylic acids is 1. The van der Waals surface area contributed by atoms with Crippen LogP contribution in [0.25, 0.3) is 11.3 Å². The summed E-state index contributed by atoms with van der Waals surface area (Å²) >= 11 is 0. The number of anilines is 1. The zero-order valence-electron chi connectivity index (χ0n) is 18.7. The van der Waals surface area contributed by atoms with Gasteiger partial charge >= 0.3 is 12.1 Å². The molecule has 0 saturated heterocycles. The standard InChI is InChI=1S/C23H19F3N8O2/c1-13(21(35)36)30-22-32-17(15-5-2-4-14(8-15)10-27)9-18(33-22)19(34-28)12-29-11-16-6-3-7-20(31-16)23(24,25)26/h2-9,12-13H,11,28H2,1H3,(H,35,36)(H,30,32,33)/b29-12?,34-19+/t13-/m1/s1. The number of hydrogen-bond donors (Lipinski definition) is 3. The summed E-state index contributed by atoms with van der Waals surface area (Å²) in [5, 5.41) is 24.7. The summed E-state index contributed by atoms with van der Waals surface area (Å²) in [6, 6.07) is 12.5. The van der Waals surface area contributed by atoms with Crippen LogP contribution in [-0.4, -0.2) is 44.0 Å². The van der Waals surface area contributed by atoms with Gasteiger partial charge in [0, 0.05) is 5.56 Å². The summed E-state index contributed by atoms with van der Waals surface area (Å²) in [5.41, 5.74) is 0.511. The van der Waals surface area contributed by atoms with E-state index in [-0.39, 0.29) is 29.6 Å². The van der Waals surface area contributed by atoms with Crippen LogP contribution in [-0.2, 0) is 17.5 Å². The lowest BCUT2D eigenvalue weighted by Crippen LogP contribution is -2.27. The number of aliphatic imine (C=N–C) groups is 1. The number of benzene rings is 1. The van der Waals surface area contributed by atoms with Crippen LogP contribution >= 0.6 is 0 Å². The quantitative estimate of drug-likeness (QED) is 0.243. The number of hydrogen-bond acceptors (Lipinski definition) is 9. The molecule has 2 aromatic heterocycles. The van der Waals surface area contributed by atoms with Crippen LogP contribution in [0.3, 0.4) is 0 Å². The largest absolute Gasteiger partial charge is 0.480 e. The Morgan fingerprint density at radius 2 is 1.97 bits per heavy atom. The fourth-order valence-corrected chi connectivity index (χ4v) is 2.91. The zero-order chi connectivity index (χ0) is 26.3. The van der Waals surface area contributed by atoms with Gasteiger partial charge in [0.25, 0.3) is 0 Å². The molecule has 13 heteroatoms. The van der Waals surface area contributed by atoms with Crippen molar-refractivity contribution < 1.29 is 23.1 Å². The van der Waals surface area contributed by atoms with E-state index < -0.39 is 23.9 Å². The Morgan fingerprint density at radius 1 is 1.22 bits per heavy atom. The van der Waals surface area contributed by atoms with Gasteiger partial charge in [-0.2, -0.15) is 23.5 Å². The number of aliphatic carboxylic acids is 1. The van der Waals surface area contributed by atoms with Crippen LogP contribution < -0.4 is 11.2 Å². The third-order valence-corrected chi connectivity index (χ3v) is 4.70. The van der Waals surface area contributed by atoms with Gasteiger partial charge in [-0.3, -0.25) is 9.79 Å². The smallest absolute Gasteiger partial charge is 0.433 e. The second-order valence-electron chi connectivity index (χ2n) is 7.35. The second-order valence-corrected chi connectivity index (χ2v) is 7.35. The Bertz CT molecular complexity index is 1370. The van der Waals surface area contributed by atoms with Gasteiger partial charge in [0.1, 0.15) is 17.4 Å². The van der Waals surface area contributed by atoms with Gasteiger partial charge in [-0.15, -0.1) is 0 Å². The summed E-state index contributed by atoms with van der Waals surface area (Å²) in [4.78, 5) is 27.5. The molecule has 1 aromatic carbocycles. The van der Waals surface area contributed by atoms with Crippen molar-refractivity contribution >= 4 is 23.8 Å². The van der Waals surface area contributed by atoms with Gasteiger partial charge in [-0.25, -0.2) is 15.0 Å². The first-order valence-electron chi connectivity index (χ1n) is 10.3. The number of halogens is 3. The topological polar surface area (TPSA) is 163 Å². The number of alkyl halides is 3. The first kappa shape index (κ1) is 25.8. The SMILES string of the molecule is C[C@@H](Nc1nc(/C(C=NCc2cccc(C(F)(F)F)n2)=N/N)cc(-c2cccc(C#N)c2)n1)C(=O)O. The minimum atomic E-state index is -4.58. The molecule has 0 amide bonds. The first-order chi connectivity index (χ1) is 17.1. The maximum atomic E-state index is 12.9. The third kappa shape index (κ3) is 6.60. The van der Waals surface area contributed by atoms with E-state index in [4.69, 9.17) is 5.84 Å². The molecule has 0 aliphatic heterocycles. The second kappa shape index (κ2) is 11.0. The lowest BCUT2D eigenvalue weighted by molar-refractivity contribution is -0.141. The number of nitrogens with zero attached hydrogens (tertiary/aromatic N) is 6. The first-order valence-corrected chi connectivity index (χ1v) is 10.3. The summed E-state index contributed by atoms with van der Waals surface area (Å²) in [7, 11) is 0. The van der Waals surface area contributed by atoms with E-state index in [1.165, 1.54) is 31.3 Å². The Labute approximate surface area is 203 Å². The van der Waals surface area contributed by atoms with Crippen LogP contribution in [0, 0.1) is 11.3 Å².